The van der Waals surface area contributed by atoms with Gasteiger partial charge in [0.1, 0.15) is 17.0 Å². The van der Waals surface area contributed by atoms with Crippen LogP contribution < -0.4 is 14.8 Å². The summed E-state index contributed by atoms with van der Waals surface area (Å²) >= 11 is 0. The van der Waals surface area contributed by atoms with Gasteiger partial charge in [-0.15, -0.1) is 0 Å². The SMILES string of the molecule is COc1ccc(OCCCC(=O)NC2(C(=O)O)CCOCC2)cc1. The first-order valence-corrected chi connectivity index (χ1v) is 7.95. The maximum atomic E-state index is 12.0. The predicted octanol–water partition coefficient (Wildman–Crippen LogP) is 1.60. The smallest absolute Gasteiger partial charge is 0.329 e. The third-order valence-corrected chi connectivity index (χ3v) is 4.01. The second-order valence-corrected chi connectivity index (χ2v) is 5.68. The Balaban J connectivity index is 1.73. The van der Waals surface area contributed by atoms with Crippen LogP contribution >= 0.6 is 0 Å². The molecule has 7 nitrogen and oxygen atoms in total. The molecule has 1 aliphatic heterocycles. The van der Waals surface area contributed by atoms with Gasteiger partial charge in [0.2, 0.25) is 5.91 Å². The minimum Gasteiger partial charge on any atom is -0.497 e. The molecule has 1 saturated heterocycles. The molecule has 2 N–H and O–H groups in total. The van der Waals surface area contributed by atoms with Crippen molar-refractivity contribution in [1.82, 2.24) is 5.32 Å². The number of hydrogen-bond donors (Lipinski definition) is 2. The average Bonchev–Trinajstić information content (AvgIpc) is 2.60. The van der Waals surface area contributed by atoms with Gasteiger partial charge in [0.25, 0.3) is 0 Å². The minimum absolute atomic E-state index is 0.214. The number of amides is 1. The average molecular weight is 337 g/mol. The van der Waals surface area contributed by atoms with Crippen LogP contribution in [-0.2, 0) is 14.3 Å². The van der Waals surface area contributed by atoms with Crippen molar-refractivity contribution >= 4 is 11.9 Å². The molecule has 2 rings (SSSR count). The van der Waals surface area contributed by atoms with Crippen molar-refractivity contribution in [3.05, 3.63) is 24.3 Å². The molecule has 1 aromatic carbocycles. The van der Waals surface area contributed by atoms with Crippen molar-refractivity contribution < 1.29 is 28.9 Å². The maximum absolute atomic E-state index is 12.0. The summed E-state index contributed by atoms with van der Waals surface area (Å²) in [6.07, 6.45) is 1.29. The normalized spacial score (nSPS) is 16.2. The lowest BCUT2D eigenvalue weighted by Gasteiger charge is -2.33. The van der Waals surface area contributed by atoms with E-state index in [0.29, 0.717) is 32.0 Å². The molecule has 0 bridgehead atoms. The molecule has 1 heterocycles. The second kappa shape index (κ2) is 8.54. The number of aliphatic carboxylic acids is 1. The summed E-state index contributed by atoms with van der Waals surface area (Å²) in [6, 6.07) is 7.17. The Morgan fingerprint density at radius 3 is 2.42 bits per heavy atom. The summed E-state index contributed by atoms with van der Waals surface area (Å²) in [6.45, 7) is 1.06. The van der Waals surface area contributed by atoms with E-state index in [1.807, 2.05) is 0 Å². The molecule has 1 amide bonds. The highest BCUT2D eigenvalue weighted by atomic mass is 16.5. The van der Waals surface area contributed by atoms with Crippen LogP contribution in [0.25, 0.3) is 0 Å². The molecule has 132 valence electrons. The summed E-state index contributed by atoms with van der Waals surface area (Å²) < 4.78 is 15.8. The zero-order valence-corrected chi connectivity index (χ0v) is 13.7. The zero-order valence-electron chi connectivity index (χ0n) is 13.7. The van der Waals surface area contributed by atoms with Gasteiger partial charge in [-0.25, -0.2) is 4.79 Å². The lowest BCUT2D eigenvalue weighted by atomic mass is 9.90. The third-order valence-electron chi connectivity index (χ3n) is 4.01. The van der Waals surface area contributed by atoms with Crippen molar-refractivity contribution in [1.29, 1.82) is 0 Å². The molecular weight excluding hydrogens is 314 g/mol. The minimum atomic E-state index is -1.20. The molecule has 0 aliphatic carbocycles. The molecule has 0 radical (unpaired) electrons. The van der Waals surface area contributed by atoms with Crippen LogP contribution in [0.2, 0.25) is 0 Å². The van der Waals surface area contributed by atoms with Gasteiger partial charge in [-0.3, -0.25) is 4.79 Å². The Kier molecular flexibility index (Phi) is 6.43. The summed E-state index contributed by atoms with van der Waals surface area (Å²) in [5.74, 6) is 0.158. The first-order valence-electron chi connectivity index (χ1n) is 7.95. The summed E-state index contributed by atoms with van der Waals surface area (Å²) in [5.41, 5.74) is -1.20. The lowest BCUT2D eigenvalue weighted by molar-refractivity contribution is -0.152. The number of benzene rings is 1. The number of ether oxygens (including phenoxy) is 3. The summed E-state index contributed by atoms with van der Waals surface area (Å²) in [4.78, 5) is 23.5. The van der Waals surface area contributed by atoms with Crippen LogP contribution in [0.1, 0.15) is 25.7 Å². The number of nitrogens with one attached hydrogen (secondary N) is 1. The topological polar surface area (TPSA) is 94.1 Å². The Bertz CT molecular complexity index is 551. The van der Waals surface area contributed by atoms with Gasteiger partial charge < -0.3 is 24.6 Å². The van der Waals surface area contributed by atoms with E-state index >= 15 is 0 Å². The molecule has 0 saturated carbocycles. The van der Waals surface area contributed by atoms with Crippen LogP contribution in [0.5, 0.6) is 11.5 Å². The molecule has 7 heteroatoms. The Labute approximate surface area is 140 Å². The quantitative estimate of drug-likeness (QED) is 0.700. The van der Waals surface area contributed by atoms with Gasteiger partial charge in [0.15, 0.2) is 0 Å². The fraction of sp³-hybridized carbons (Fsp3) is 0.529. The maximum Gasteiger partial charge on any atom is 0.329 e. The molecule has 24 heavy (non-hydrogen) atoms. The van der Waals surface area contributed by atoms with E-state index in [0.717, 1.165) is 5.75 Å². The molecule has 0 atom stereocenters. The fourth-order valence-corrected chi connectivity index (χ4v) is 2.54. The summed E-state index contributed by atoms with van der Waals surface area (Å²) in [5, 5.41) is 12.1. The highest BCUT2D eigenvalue weighted by Crippen LogP contribution is 2.21. The first kappa shape index (κ1) is 18.1. The standard InChI is InChI=1S/C17H23NO6/c1-22-13-4-6-14(7-5-13)24-10-2-3-15(19)18-17(16(20)21)8-11-23-12-9-17/h4-7H,2-3,8-12H2,1H3,(H,18,19)(H,20,21). The molecule has 1 aromatic rings. The monoisotopic (exact) mass is 337 g/mol. The van der Waals surface area contributed by atoms with Crippen LogP contribution in [0.15, 0.2) is 24.3 Å². The van der Waals surface area contributed by atoms with Crippen molar-refractivity contribution in [3.63, 3.8) is 0 Å². The number of carbonyl (C=O) groups excluding carboxylic acids is 1. The molecular formula is C17H23NO6. The Morgan fingerprint density at radius 2 is 1.83 bits per heavy atom. The van der Waals surface area contributed by atoms with E-state index in [2.05, 4.69) is 5.32 Å². The molecule has 1 aliphatic rings. The Morgan fingerprint density at radius 1 is 1.21 bits per heavy atom. The van der Waals surface area contributed by atoms with Gasteiger partial charge in [-0.1, -0.05) is 0 Å². The van der Waals surface area contributed by atoms with Crippen LogP contribution in [0.3, 0.4) is 0 Å². The van der Waals surface area contributed by atoms with Gasteiger partial charge in [0, 0.05) is 32.5 Å². The first-order chi connectivity index (χ1) is 11.6. The molecule has 0 spiro atoms. The van der Waals surface area contributed by atoms with E-state index in [1.54, 1.807) is 31.4 Å². The number of carbonyl (C=O) groups is 2. The molecule has 0 aromatic heterocycles. The Hall–Kier alpha value is -2.28. The molecule has 1 fully saturated rings. The van der Waals surface area contributed by atoms with E-state index in [4.69, 9.17) is 14.2 Å². The van der Waals surface area contributed by atoms with Gasteiger partial charge in [-0.05, 0) is 30.7 Å². The van der Waals surface area contributed by atoms with Gasteiger partial charge >= 0.3 is 5.97 Å². The number of methoxy groups -OCH3 is 1. The van der Waals surface area contributed by atoms with Crippen molar-refractivity contribution in [2.45, 2.75) is 31.2 Å². The van der Waals surface area contributed by atoms with E-state index in [1.165, 1.54) is 0 Å². The lowest BCUT2D eigenvalue weighted by Crippen LogP contribution is -2.57. The van der Waals surface area contributed by atoms with Gasteiger partial charge in [0.05, 0.1) is 13.7 Å². The van der Waals surface area contributed by atoms with E-state index in [9.17, 15) is 14.7 Å². The van der Waals surface area contributed by atoms with Crippen molar-refractivity contribution in [2.24, 2.45) is 0 Å². The second-order valence-electron chi connectivity index (χ2n) is 5.68. The molecule has 0 unspecified atom stereocenters. The number of rotatable bonds is 8. The predicted molar refractivity (Wildman–Crippen MR) is 86.3 cm³/mol. The third kappa shape index (κ3) is 4.86. The largest absolute Gasteiger partial charge is 0.497 e. The zero-order chi connectivity index (χ0) is 17.4. The fourth-order valence-electron chi connectivity index (χ4n) is 2.54. The number of carboxylic acid groups (broad SMARTS) is 1. The van der Waals surface area contributed by atoms with Crippen molar-refractivity contribution in [2.75, 3.05) is 26.9 Å². The number of carboxylic acids is 1. The van der Waals surface area contributed by atoms with E-state index < -0.39 is 11.5 Å². The van der Waals surface area contributed by atoms with Crippen LogP contribution in [0.4, 0.5) is 0 Å². The van der Waals surface area contributed by atoms with E-state index in [-0.39, 0.29) is 25.2 Å². The number of hydrogen-bond acceptors (Lipinski definition) is 5. The van der Waals surface area contributed by atoms with Crippen molar-refractivity contribution in [3.8, 4) is 11.5 Å². The van der Waals surface area contributed by atoms with Crippen LogP contribution in [0, 0.1) is 0 Å². The highest BCUT2D eigenvalue weighted by Gasteiger charge is 2.41. The van der Waals surface area contributed by atoms with Gasteiger partial charge in [-0.2, -0.15) is 0 Å². The summed E-state index contributed by atoms with van der Waals surface area (Å²) in [7, 11) is 1.59. The highest BCUT2D eigenvalue weighted by molar-refractivity contribution is 5.87. The van der Waals surface area contributed by atoms with Crippen LogP contribution in [-0.4, -0.2) is 49.5 Å².